The molecule has 23 heavy (non-hydrogen) atoms. The van der Waals surface area contributed by atoms with E-state index in [-0.39, 0.29) is 0 Å². The van der Waals surface area contributed by atoms with Crippen LogP contribution in [0.1, 0.15) is 24.8 Å². The molecule has 1 saturated carbocycles. The van der Waals surface area contributed by atoms with Crippen LogP contribution in [0.5, 0.6) is 0 Å². The Balaban J connectivity index is 1.20. The average Bonchev–Trinajstić information content (AvgIpc) is 3.33. The van der Waals surface area contributed by atoms with Crippen LogP contribution in [-0.4, -0.2) is 67.3 Å². The Hall–Kier alpha value is -0.940. The highest BCUT2D eigenvalue weighted by molar-refractivity contribution is 5.14. The van der Waals surface area contributed by atoms with Crippen molar-refractivity contribution >= 4 is 0 Å². The first-order valence-electron chi connectivity index (χ1n) is 9.22. The first-order chi connectivity index (χ1) is 11.4. The van der Waals surface area contributed by atoms with Crippen LogP contribution in [0.15, 0.2) is 30.3 Å². The highest BCUT2D eigenvalue weighted by Crippen LogP contribution is 2.29. The molecule has 4 rings (SSSR count). The van der Waals surface area contributed by atoms with E-state index in [1.165, 1.54) is 37.9 Å². The van der Waals surface area contributed by atoms with Gasteiger partial charge in [-0.2, -0.15) is 0 Å². The molecule has 0 amide bonds. The van der Waals surface area contributed by atoms with Gasteiger partial charge in [-0.25, -0.2) is 0 Å². The first-order valence-corrected chi connectivity index (χ1v) is 9.22. The predicted octanol–water partition coefficient (Wildman–Crippen LogP) is 1.71. The Morgan fingerprint density at radius 2 is 1.91 bits per heavy atom. The van der Waals surface area contributed by atoms with Gasteiger partial charge >= 0.3 is 0 Å². The van der Waals surface area contributed by atoms with E-state index >= 15 is 0 Å². The molecule has 2 aliphatic heterocycles. The molecule has 0 aromatic heterocycles. The summed E-state index contributed by atoms with van der Waals surface area (Å²) in [5.41, 5.74) is 1.40. The van der Waals surface area contributed by atoms with E-state index in [1.54, 1.807) is 0 Å². The zero-order chi connectivity index (χ0) is 15.5. The Kier molecular flexibility index (Phi) is 4.95. The van der Waals surface area contributed by atoms with Crippen LogP contribution in [-0.2, 0) is 11.3 Å². The molecule has 4 heteroatoms. The molecule has 3 fully saturated rings. The summed E-state index contributed by atoms with van der Waals surface area (Å²) in [5.74, 6) is 0. The van der Waals surface area contributed by atoms with Crippen molar-refractivity contribution in [3.8, 4) is 0 Å². The highest BCUT2D eigenvalue weighted by atomic mass is 16.5. The number of nitrogens with zero attached hydrogens (tertiary/aromatic N) is 2. The third-order valence-electron chi connectivity index (χ3n) is 5.39. The van der Waals surface area contributed by atoms with Crippen LogP contribution in [0.4, 0.5) is 0 Å². The lowest BCUT2D eigenvalue weighted by molar-refractivity contribution is -0.0308. The monoisotopic (exact) mass is 315 g/mol. The first kappa shape index (κ1) is 15.6. The molecule has 0 spiro atoms. The van der Waals surface area contributed by atoms with Crippen molar-refractivity contribution in [2.45, 2.75) is 44.0 Å². The number of ether oxygens (including phenoxy) is 1. The second-order valence-corrected chi connectivity index (χ2v) is 7.33. The van der Waals surface area contributed by atoms with Gasteiger partial charge < -0.3 is 10.1 Å². The number of benzene rings is 1. The molecule has 2 saturated heterocycles. The Bertz CT molecular complexity index is 491. The molecule has 126 valence electrons. The molecular formula is C19H29N3O. The van der Waals surface area contributed by atoms with Crippen LogP contribution in [0.3, 0.4) is 0 Å². The minimum Gasteiger partial charge on any atom is -0.374 e. The molecule has 0 bridgehead atoms. The van der Waals surface area contributed by atoms with Crippen molar-refractivity contribution in [1.82, 2.24) is 15.1 Å². The van der Waals surface area contributed by atoms with Gasteiger partial charge in [0.15, 0.2) is 0 Å². The average molecular weight is 315 g/mol. The lowest BCUT2D eigenvalue weighted by Gasteiger charge is -2.33. The van der Waals surface area contributed by atoms with E-state index in [2.05, 4.69) is 45.4 Å². The molecule has 2 atom stereocenters. The van der Waals surface area contributed by atoms with Gasteiger partial charge in [-0.15, -0.1) is 0 Å². The van der Waals surface area contributed by atoms with Crippen molar-refractivity contribution < 1.29 is 4.74 Å². The molecular weight excluding hydrogens is 286 g/mol. The predicted molar refractivity (Wildman–Crippen MR) is 92.5 cm³/mol. The topological polar surface area (TPSA) is 27.7 Å². The van der Waals surface area contributed by atoms with E-state index < -0.39 is 0 Å². The molecule has 1 N–H and O–H groups in total. The fourth-order valence-corrected chi connectivity index (χ4v) is 3.91. The van der Waals surface area contributed by atoms with Gasteiger partial charge in [-0.05, 0) is 24.8 Å². The van der Waals surface area contributed by atoms with E-state index in [9.17, 15) is 0 Å². The third-order valence-corrected chi connectivity index (χ3v) is 5.39. The SMILES string of the molecule is c1ccc(CN2CCOC(CNC3CCN(C4CC4)C3)C2)cc1. The lowest BCUT2D eigenvalue weighted by atomic mass is 10.2. The largest absolute Gasteiger partial charge is 0.374 e. The molecule has 2 unspecified atom stereocenters. The summed E-state index contributed by atoms with van der Waals surface area (Å²) >= 11 is 0. The van der Waals surface area contributed by atoms with Crippen LogP contribution >= 0.6 is 0 Å². The zero-order valence-corrected chi connectivity index (χ0v) is 14.0. The summed E-state index contributed by atoms with van der Waals surface area (Å²) in [7, 11) is 0. The molecule has 1 aliphatic carbocycles. The van der Waals surface area contributed by atoms with Gasteiger partial charge in [-0.3, -0.25) is 9.80 Å². The van der Waals surface area contributed by atoms with Crippen LogP contribution in [0.2, 0.25) is 0 Å². The van der Waals surface area contributed by atoms with Crippen molar-refractivity contribution in [2.24, 2.45) is 0 Å². The Morgan fingerprint density at radius 1 is 1.04 bits per heavy atom. The number of likely N-dealkylation sites (tertiary alicyclic amines) is 1. The van der Waals surface area contributed by atoms with Crippen LogP contribution in [0.25, 0.3) is 0 Å². The smallest absolute Gasteiger partial charge is 0.0826 e. The summed E-state index contributed by atoms with van der Waals surface area (Å²) in [5, 5.41) is 3.76. The van der Waals surface area contributed by atoms with E-state index in [4.69, 9.17) is 4.74 Å². The van der Waals surface area contributed by atoms with E-state index in [0.717, 1.165) is 38.8 Å². The zero-order valence-electron chi connectivity index (χ0n) is 14.0. The number of hydrogen-bond donors (Lipinski definition) is 1. The van der Waals surface area contributed by atoms with Crippen molar-refractivity contribution in [3.05, 3.63) is 35.9 Å². The second-order valence-electron chi connectivity index (χ2n) is 7.33. The second kappa shape index (κ2) is 7.31. The normalized spacial score (nSPS) is 29.9. The maximum atomic E-state index is 5.97. The summed E-state index contributed by atoms with van der Waals surface area (Å²) < 4.78 is 5.97. The Labute approximate surface area is 139 Å². The standard InChI is InChI=1S/C19H29N3O/c1-2-4-16(5-3-1)13-21-10-11-23-19(15-21)12-20-17-8-9-22(14-17)18-6-7-18/h1-5,17-20H,6-15H2. The van der Waals surface area contributed by atoms with E-state index in [0.29, 0.717) is 12.1 Å². The summed E-state index contributed by atoms with van der Waals surface area (Å²) in [6, 6.07) is 12.3. The molecule has 3 aliphatic rings. The molecule has 1 aromatic rings. The summed E-state index contributed by atoms with van der Waals surface area (Å²) in [4.78, 5) is 5.19. The summed E-state index contributed by atoms with van der Waals surface area (Å²) in [6.45, 7) is 7.51. The number of morpholine rings is 1. The maximum Gasteiger partial charge on any atom is 0.0826 e. The van der Waals surface area contributed by atoms with Crippen LogP contribution < -0.4 is 5.32 Å². The van der Waals surface area contributed by atoms with Crippen molar-refractivity contribution in [2.75, 3.05) is 39.3 Å². The van der Waals surface area contributed by atoms with Crippen molar-refractivity contribution in [1.29, 1.82) is 0 Å². The minimum absolute atomic E-state index is 0.336. The van der Waals surface area contributed by atoms with Gasteiger partial charge in [0.05, 0.1) is 12.7 Å². The quantitative estimate of drug-likeness (QED) is 0.865. The summed E-state index contributed by atoms with van der Waals surface area (Å²) in [6.07, 6.45) is 4.49. The molecule has 4 nitrogen and oxygen atoms in total. The highest BCUT2D eigenvalue weighted by Gasteiger charge is 2.34. The van der Waals surface area contributed by atoms with Gasteiger partial charge in [0.25, 0.3) is 0 Å². The van der Waals surface area contributed by atoms with Gasteiger partial charge in [0.2, 0.25) is 0 Å². The number of rotatable bonds is 6. The number of hydrogen-bond acceptors (Lipinski definition) is 4. The van der Waals surface area contributed by atoms with Gasteiger partial charge in [0, 0.05) is 51.4 Å². The fraction of sp³-hybridized carbons (Fsp3) is 0.684. The van der Waals surface area contributed by atoms with Gasteiger partial charge in [0.1, 0.15) is 0 Å². The maximum absolute atomic E-state index is 5.97. The fourth-order valence-electron chi connectivity index (χ4n) is 3.91. The van der Waals surface area contributed by atoms with E-state index in [1.807, 2.05) is 0 Å². The number of nitrogens with one attached hydrogen (secondary N) is 1. The molecule has 0 radical (unpaired) electrons. The molecule has 2 heterocycles. The van der Waals surface area contributed by atoms with Crippen molar-refractivity contribution in [3.63, 3.8) is 0 Å². The van der Waals surface area contributed by atoms with Gasteiger partial charge in [-0.1, -0.05) is 30.3 Å². The minimum atomic E-state index is 0.336. The van der Waals surface area contributed by atoms with Crippen LogP contribution in [0, 0.1) is 0 Å². The lowest BCUT2D eigenvalue weighted by Crippen LogP contribution is -2.48. The Morgan fingerprint density at radius 3 is 2.74 bits per heavy atom. The molecule has 1 aromatic carbocycles. The third kappa shape index (κ3) is 4.32.